The molecule has 154 valence electrons. The van der Waals surface area contributed by atoms with E-state index in [1.807, 2.05) is 4.68 Å². The van der Waals surface area contributed by atoms with Gasteiger partial charge < -0.3 is 16.0 Å². The summed E-state index contributed by atoms with van der Waals surface area (Å²) in [6.07, 6.45) is 11.0. The summed E-state index contributed by atoms with van der Waals surface area (Å²) in [5.41, 5.74) is 2.74. The normalized spacial score (nSPS) is 27.6. The quantitative estimate of drug-likeness (QED) is 0.717. The molecule has 1 spiro atoms. The van der Waals surface area contributed by atoms with Crippen molar-refractivity contribution >= 4 is 5.95 Å². The van der Waals surface area contributed by atoms with Gasteiger partial charge in [-0.15, -0.1) is 0 Å². The molecule has 2 saturated carbocycles. The molecule has 2 aromatic heterocycles. The maximum absolute atomic E-state index is 14.6. The Morgan fingerprint density at radius 2 is 1.86 bits per heavy atom. The smallest absolute Gasteiger partial charge is 0.223 e. The molecule has 6 rings (SSSR count). The summed E-state index contributed by atoms with van der Waals surface area (Å²) in [4.78, 5) is 8.79. The predicted octanol–water partition coefficient (Wildman–Crippen LogP) is 2.10. The summed E-state index contributed by atoms with van der Waals surface area (Å²) in [6, 6.07) is 1.59. The minimum Gasteiger partial charge on any atom is -0.351 e. The van der Waals surface area contributed by atoms with Crippen LogP contribution in [0.25, 0.3) is 11.3 Å². The molecule has 0 aromatic carbocycles. The molecule has 0 unspecified atom stereocenters. The molecule has 2 aliphatic carbocycles. The van der Waals surface area contributed by atoms with Crippen LogP contribution in [0.1, 0.15) is 44.2 Å². The van der Waals surface area contributed by atoms with Gasteiger partial charge in [0.2, 0.25) is 5.95 Å². The molecular weight excluding hydrogens is 369 g/mol. The van der Waals surface area contributed by atoms with Crippen LogP contribution in [-0.2, 0) is 13.0 Å². The molecule has 7 nitrogen and oxygen atoms in total. The summed E-state index contributed by atoms with van der Waals surface area (Å²) in [5.74, 6) is 0.158. The fourth-order valence-corrected chi connectivity index (χ4v) is 5.12. The molecule has 4 heterocycles. The minimum absolute atomic E-state index is 0.346. The fraction of sp³-hybridized carbons (Fsp3) is 0.667. The van der Waals surface area contributed by atoms with Crippen LogP contribution in [0.5, 0.6) is 0 Å². The van der Waals surface area contributed by atoms with Crippen LogP contribution in [0, 0.1) is 11.2 Å². The molecule has 2 aromatic rings. The van der Waals surface area contributed by atoms with E-state index in [0.29, 0.717) is 35.2 Å². The fourth-order valence-electron chi connectivity index (χ4n) is 5.12. The van der Waals surface area contributed by atoms with Gasteiger partial charge in [-0.2, -0.15) is 5.10 Å². The topological polar surface area (TPSA) is 79.7 Å². The van der Waals surface area contributed by atoms with Crippen molar-refractivity contribution in [2.45, 2.75) is 69.6 Å². The molecule has 1 saturated heterocycles. The number of aromatic nitrogens is 4. The number of fused-ring (bicyclic) bond motifs is 1. The molecule has 0 atom stereocenters. The number of hydrogen-bond donors (Lipinski definition) is 3. The molecule has 0 amide bonds. The summed E-state index contributed by atoms with van der Waals surface area (Å²) >= 11 is 0. The first kappa shape index (κ1) is 17.8. The third-order valence-corrected chi connectivity index (χ3v) is 7.25. The minimum atomic E-state index is -0.370. The number of nitrogens with zero attached hydrogens (tertiary/aromatic N) is 4. The van der Waals surface area contributed by atoms with E-state index in [9.17, 15) is 4.39 Å². The highest BCUT2D eigenvalue weighted by atomic mass is 19.1. The number of rotatable bonds is 5. The monoisotopic (exact) mass is 397 g/mol. The molecule has 3 fully saturated rings. The van der Waals surface area contributed by atoms with Gasteiger partial charge in [-0.3, -0.25) is 4.68 Å². The Kier molecular flexibility index (Phi) is 4.13. The van der Waals surface area contributed by atoms with Gasteiger partial charge in [0, 0.05) is 49.0 Å². The molecule has 29 heavy (non-hydrogen) atoms. The number of anilines is 1. The zero-order chi connectivity index (χ0) is 19.4. The van der Waals surface area contributed by atoms with Crippen molar-refractivity contribution in [3.63, 3.8) is 0 Å². The molecular formula is C21H28FN7. The van der Waals surface area contributed by atoms with E-state index in [2.05, 4.69) is 31.0 Å². The van der Waals surface area contributed by atoms with Crippen molar-refractivity contribution in [2.75, 3.05) is 18.4 Å². The van der Waals surface area contributed by atoms with Crippen LogP contribution < -0.4 is 16.0 Å². The van der Waals surface area contributed by atoms with Crippen LogP contribution in [0.4, 0.5) is 10.3 Å². The number of nitrogens with one attached hydrogen (secondary N) is 3. The first-order chi connectivity index (χ1) is 14.2. The van der Waals surface area contributed by atoms with Gasteiger partial charge in [0.05, 0.1) is 12.4 Å². The van der Waals surface area contributed by atoms with E-state index in [4.69, 9.17) is 0 Å². The zero-order valence-electron chi connectivity index (χ0n) is 16.6. The lowest BCUT2D eigenvalue weighted by molar-refractivity contribution is 0.276. The third kappa shape index (κ3) is 3.32. The highest BCUT2D eigenvalue weighted by molar-refractivity contribution is 5.64. The van der Waals surface area contributed by atoms with Gasteiger partial charge in [0.1, 0.15) is 5.69 Å². The third-order valence-electron chi connectivity index (χ3n) is 7.25. The highest BCUT2D eigenvalue weighted by Gasteiger charge is 2.49. The molecule has 0 bridgehead atoms. The van der Waals surface area contributed by atoms with Crippen molar-refractivity contribution in [1.29, 1.82) is 0 Å². The average molecular weight is 398 g/mol. The summed E-state index contributed by atoms with van der Waals surface area (Å²) in [6.45, 7) is 3.14. The lowest BCUT2D eigenvalue weighted by Gasteiger charge is -2.36. The van der Waals surface area contributed by atoms with Crippen molar-refractivity contribution in [1.82, 2.24) is 30.4 Å². The first-order valence-electron chi connectivity index (χ1n) is 11.0. The van der Waals surface area contributed by atoms with Crippen molar-refractivity contribution in [3.05, 3.63) is 23.9 Å². The van der Waals surface area contributed by atoms with Crippen molar-refractivity contribution < 1.29 is 4.39 Å². The lowest BCUT2D eigenvalue weighted by Crippen LogP contribution is -2.58. The van der Waals surface area contributed by atoms with Crippen LogP contribution in [0.2, 0.25) is 0 Å². The van der Waals surface area contributed by atoms with E-state index < -0.39 is 0 Å². The van der Waals surface area contributed by atoms with Crippen LogP contribution in [0.3, 0.4) is 0 Å². The Bertz CT molecular complexity index is 910. The van der Waals surface area contributed by atoms with Gasteiger partial charge in [0.15, 0.2) is 5.82 Å². The SMILES string of the molecule is Fc1cnc(NC2CCC(NC3CNC3)CC2)nc1-c1cnn2c1CC1(CC1)C2. The first-order valence-corrected chi connectivity index (χ1v) is 11.0. The van der Waals surface area contributed by atoms with E-state index in [0.717, 1.165) is 63.0 Å². The summed E-state index contributed by atoms with van der Waals surface area (Å²) in [5, 5.41) is 15.0. The second-order valence-electron chi connectivity index (χ2n) is 9.44. The Morgan fingerprint density at radius 3 is 2.59 bits per heavy atom. The van der Waals surface area contributed by atoms with Crippen LogP contribution in [-0.4, -0.2) is 51.0 Å². The van der Waals surface area contributed by atoms with Crippen molar-refractivity contribution in [2.24, 2.45) is 5.41 Å². The van der Waals surface area contributed by atoms with Gasteiger partial charge in [-0.25, -0.2) is 14.4 Å². The zero-order valence-corrected chi connectivity index (χ0v) is 16.6. The van der Waals surface area contributed by atoms with E-state index in [1.165, 1.54) is 19.0 Å². The van der Waals surface area contributed by atoms with Gasteiger partial charge in [-0.05, 0) is 50.4 Å². The van der Waals surface area contributed by atoms with Gasteiger partial charge >= 0.3 is 0 Å². The van der Waals surface area contributed by atoms with Gasteiger partial charge in [-0.1, -0.05) is 0 Å². The van der Waals surface area contributed by atoms with Crippen LogP contribution in [0.15, 0.2) is 12.4 Å². The maximum atomic E-state index is 14.6. The Labute approximate surface area is 169 Å². The van der Waals surface area contributed by atoms with Gasteiger partial charge in [0.25, 0.3) is 0 Å². The predicted molar refractivity (Wildman–Crippen MR) is 108 cm³/mol. The molecule has 3 N–H and O–H groups in total. The number of halogens is 1. The second-order valence-corrected chi connectivity index (χ2v) is 9.44. The molecule has 2 aliphatic heterocycles. The van der Waals surface area contributed by atoms with E-state index >= 15 is 0 Å². The molecule has 8 heteroatoms. The highest BCUT2D eigenvalue weighted by Crippen LogP contribution is 2.54. The lowest BCUT2D eigenvalue weighted by atomic mass is 9.90. The number of hydrogen-bond acceptors (Lipinski definition) is 6. The summed E-state index contributed by atoms with van der Waals surface area (Å²) < 4.78 is 16.6. The Morgan fingerprint density at radius 1 is 1.07 bits per heavy atom. The summed E-state index contributed by atoms with van der Waals surface area (Å²) in [7, 11) is 0. The largest absolute Gasteiger partial charge is 0.351 e. The molecule has 0 radical (unpaired) electrons. The average Bonchev–Trinajstić information content (AvgIpc) is 3.19. The van der Waals surface area contributed by atoms with Crippen molar-refractivity contribution in [3.8, 4) is 11.3 Å². The maximum Gasteiger partial charge on any atom is 0.223 e. The Balaban J connectivity index is 1.14. The molecule has 4 aliphatic rings. The Hall–Kier alpha value is -2.06. The van der Waals surface area contributed by atoms with E-state index in [1.54, 1.807) is 6.20 Å². The van der Waals surface area contributed by atoms with Crippen LogP contribution >= 0.6 is 0 Å². The van der Waals surface area contributed by atoms with E-state index in [-0.39, 0.29) is 5.82 Å². The standard InChI is InChI=1S/C21H28FN7/c22-17-11-24-20(27-14-3-1-13(2-4-14)26-15-8-23-9-15)28-19(17)16-10-25-29-12-21(5-6-21)7-18(16)29/h10-11,13-15,23,26H,1-9,12H2,(H,24,27,28). The second kappa shape index (κ2) is 6.74.